The number of carbonyl (C=O) groups is 1. The fourth-order valence-electron chi connectivity index (χ4n) is 1.23. The maximum absolute atomic E-state index is 10.9. The highest BCUT2D eigenvalue weighted by atomic mass is 127. The summed E-state index contributed by atoms with van der Waals surface area (Å²) in [5.74, 6) is -0.0519. The molecule has 0 amide bonds. The summed E-state index contributed by atoms with van der Waals surface area (Å²) in [5.41, 5.74) is 2.10. The number of aromatic nitrogens is 1. The van der Waals surface area contributed by atoms with Gasteiger partial charge >= 0.3 is 0 Å². The summed E-state index contributed by atoms with van der Waals surface area (Å²) in [4.78, 5) is 15.1. The van der Waals surface area contributed by atoms with Crippen molar-refractivity contribution in [3.05, 3.63) is 23.0 Å². The van der Waals surface area contributed by atoms with Crippen LogP contribution in [0.15, 0.2) is 6.07 Å². The number of pyridine rings is 1. The van der Waals surface area contributed by atoms with Gasteiger partial charge in [-0.15, -0.1) is 0 Å². The van der Waals surface area contributed by atoms with Gasteiger partial charge in [0.05, 0.1) is 12.8 Å². The van der Waals surface area contributed by atoms with Crippen LogP contribution in [-0.4, -0.2) is 24.3 Å². The predicted octanol–water partition coefficient (Wildman–Crippen LogP) is 2.53. The highest BCUT2D eigenvalue weighted by Gasteiger charge is 2.15. The number of rotatable bonds is 4. The van der Waals surface area contributed by atoms with Gasteiger partial charge in [0, 0.05) is 17.6 Å². The second-order valence-corrected chi connectivity index (χ2v) is 5.00. The maximum Gasteiger partial charge on any atom is 0.234 e. The SMILES string of the molecule is COC(=N)c1nc(C)cc(C=O)c1NPI. The number of anilines is 1. The first-order valence-electron chi connectivity index (χ1n) is 4.35. The van der Waals surface area contributed by atoms with E-state index in [1.807, 2.05) is 0 Å². The summed E-state index contributed by atoms with van der Waals surface area (Å²) in [6.45, 7) is 1.77. The van der Waals surface area contributed by atoms with E-state index in [-0.39, 0.29) is 5.90 Å². The third kappa shape index (κ3) is 2.89. The van der Waals surface area contributed by atoms with Crippen LogP contribution in [-0.2, 0) is 4.74 Å². The molecule has 0 saturated heterocycles. The van der Waals surface area contributed by atoms with E-state index in [2.05, 4.69) is 32.1 Å². The van der Waals surface area contributed by atoms with E-state index in [1.165, 1.54) is 7.11 Å². The Kier molecular flexibility index (Phi) is 5.08. The van der Waals surface area contributed by atoms with Crippen molar-refractivity contribution in [1.82, 2.24) is 4.98 Å². The van der Waals surface area contributed by atoms with Gasteiger partial charge in [0.2, 0.25) is 5.90 Å². The molecule has 0 aliphatic carbocycles. The minimum Gasteiger partial charge on any atom is -0.480 e. The van der Waals surface area contributed by atoms with Crippen LogP contribution in [0, 0.1) is 12.3 Å². The van der Waals surface area contributed by atoms with Gasteiger partial charge in [-0.25, -0.2) is 4.98 Å². The van der Waals surface area contributed by atoms with Crippen molar-refractivity contribution >= 4 is 46.3 Å². The zero-order chi connectivity index (χ0) is 12.1. The number of nitrogens with one attached hydrogen (secondary N) is 2. The van der Waals surface area contributed by atoms with Crippen LogP contribution in [0.1, 0.15) is 21.7 Å². The van der Waals surface area contributed by atoms with E-state index in [4.69, 9.17) is 10.1 Å². The Morgan fingerprint density at radius 2 is 2.44 bits per heavy atom. The number of hydrogen-bond acceptors (Lipinski definition) is 5. The first-order chi connectivity index (χ1) is 7.63. The lowest BCUT2D eigenvalue weighted by Crippen LogP contribution is -2.10. The van der Waals surface area contributed by atoms with Crippen LogP contribution in [0.4, 0.5) is 5.69 Å². The molecule has 1 rings (SSSR count). The zero-order valence-electron chi connectivity index (χ0n) is 8.80. The summed E-state index contributed by atoms with van der Waals surface area (Å²) in [7, 11) is 1.41. The van der Waals surface area contributed by atoms with Gasteiger partial charge < -0.3 is 9.82 Å². The highest BCUT2D eigenvalue weighted by Crippen LogP contribution is 2.29. The third-order valence-electron chi connectivity index (χ3n) is 1.90. The Hall–Kier alpha value is -0.750. The topological polar surface area (TPSA) is 75.1 Å². The molecule has 0 aliphatic rings. The van der Waals surface area contributed by atoms with Crippen molar-refractivity contribution in [3.8, 4) is 0 Å². The average molecular weight is 351 g/mol. The van der Waals surface area contributed by atoms with Crippen molar-refractivity contribution in [2.75, 3.05) is 12.2 Å². The maximum atomic E-state index is 10.9. The van der Waals surface area contributed by atoms with Gasteiger partial charge in [-0.2, -0.15) is 0 Å². The standard InChI is InChI=1S/C9H11IN3O2P/c1-5-3-6(4-14)7(13-16-10)8(12-5)9(11)15-2/h3-4,11,13,16H,1-2H3. The van der Waals surface area contributed by atoms with Crippen LogP contribution in [0.2, 0.25) is 0 Å². The van der Waals surface area contributed by atoms with Gasteiger partial charge in [0.15, 0.2) is 6.29 Å². The van der Waals surface area contributed by atoms with Gasteiger partial charge in [-0.05, 0) is 35.0 Å². The molecule has 1 unspecified atom stereocenters. The lowest BCUT2D eigenvalue weighted by atomic mass is 10.1. The predicted molar refractivity (Wildman–Crippen MR) is 74.2 cm³/mol. The van der Waals surface area contributed by atoms with E-state index in [9.17, 15) is 4.79 Å². The molecule has 0 fully saturated rings. The number of carbonyl (C=O) groups excluding carboxylic acids is 1. The van der Waals surface area contributed by atoms with Gasteiger partial charge in [0.25, 0.3) is 0 Å². The highest BCUT2D eigenvalue weighted by molar-refractivity contribution is 14.2. The second-order valence-electron chi connectivity index (χ2n) is 2.95. The first kappa shape index (κ1) is 13.3. The van der Waals surface area contributed by atoms with Crippen LogP contribution >= 0.6 is 28.4 Å². The molecule has 0 aromatic carbocycles. The summed E-state index contributed by atoms with van der Waals surface area (Å²) in [6.07, 6.45) is 1.14. The van der Waals surface area contributed by atoms with Crippen molar-refractivity contribution in [3.63, 3.8) is 0 Å². The van der Waals surface area contributed by atoms with Crippen LogP contribution < -0.4 is 5.09 Å². The molecule has 0 bridgehead atoms. The lowest BCUT2D eigenvalue weighted by Gasteiger charge is -2.12. The molecule has 1 aromatic rings. The summed E-state index contributed by atoms with van der Waals surface area (Å²) >= 11 is 2.15. The Morgan fingerprint density at radius 1 is 1.75 bits per heavy atom. The van der Waals surface area contributed by atoms with Gasteiger partial charge in [-0.3, -0.25) is 10.2 Å². The monoisotopic (exact) mass is 351 g/mol. The van der Waals surface area contributed by atoms with Gasteiger partial charge in [-0.1, -0.05) is 0 Å². The van der Waals surface area contributed by atoms with E-state index < -0.39 is 0 Å². The van der Waals surface area contributed by atoms with E-state index in [1.54, 1.807) is 13.0 Å². The number of ether oxygens (including phenoxy) is 1. The van der Waals surface area contributed by atoms with Crippen molar-refractivity contribution in [2.45, 2.75) is 6.92 Å². The molecule has 1 heterocycles. The average Bonchev–Trinajstić information content (AvgIpc) is 2.29. The number of methoxy groups -OCH3 is 1. The van der Waals surface area contributed by atoms with Crippen LogP contribution in [0.5, 0.6) is 0 Å². The second kappa shape index (κ2) is 6.10. The van der Waals surface area contributed by atoms with E-state index in [0.29, 0.717) is 29.0 Å². The normalized spacial score (nSPS) is 10.4. The third-order valence-corrected chi connectivity index (χ3v) is 3.05. The first-order valence-corrected chi connectivity index (χ1v) is 8.46. The lowest BCUT2D eigenvalue weighted by molar-refractivity contribution is 0.112. The quantitative estimate of drug-likeness (QED) is 0.287. The molecule has 0 saturated carbocycles. The fraction of sp³-hybridized carbons (Fsp3) is 0.222. The Morgan fingerprint density at radius 3 is 2.94 bits per heavy atom. The number of hydrogen-bond donors (Lipinski definition) is 2. The zero-order valence-corrected chi connectivity index (χ0v) is 12.0. The summed E-state index contributed by atoms with van der Waals surface area (Å²) in [6, 6.07) is 1.68. The molecule has 2 N–H and O–H groups in total. The summed E-state index contributed by atoms with van der Waals surface area (Å²) in [5, 5.41) is 10.7. The van der Waals surface area contributed by atoms with Gasteiger partial charge in [0.1, 0.15) is 5.69 Å². The van der Waals surface area contributed by atoms with Crippen LogP contribution in [0.25, 0.3) is 0 Å². The molecule has 1 aromatic heterocycles. The van der Waals surface area contributed by atoms with E-state index in [0.717, 1.165) is 6.29 Å². The molecule has 86 valence electrons. The molecule has 0 aliphatic heterocycles. The summed E-state index contributed by atoms with van der Waals surface area (Å²) < 4.78 is 4.84. The Labute approximate surface area is 108 Å². The fourth-order valence-corrected chi connectivity index (χ4v) is 2.40. The number of aryl methyl sites for hydroxylation is 1. The molecule has 0 spiro atoms. The van der Waals surface area contributed by atoms with Crippen molar-refractivity contribution in [1.29, 1.82) is 5.41 Å². The molecule has 1 atom stereocenters. The number of halogens is 1. The molecule has 7 heteroatoms. The van der Waals surface area contributed by atoms with Crippen LogP contribution in [0.3, 0.4) is 0 Å². The molecular weight excluding hydrogens is 340 g/mol. The van der Waals surface area contributed by atoms with Crippen molar-refractivity contribution < 1.29 is 9.53 Å². The Balaban J connectivity index is 3.37. The molecule has 16 heavy (non-hydrogen) atoms. The largest absolute Gasteiger partial charge is 0.480 e. The molecule has 5 nitrogen and oxygen atoms in total. The number of aldehydes is 1. The smallest absolute Gasteiger partial charge is 0.234 e. The minimum absolute atomic E-state index is 0.0519. The molecule has 0 radical (unpaired) electrons. The molecular formula is C9H11IN3O2P. The van der Waals surface area contributed by atoms with E-state index >= 15 is 0 Å². The number of nitrogens with zero attached hydrogens (tertiary/aromatic N) is 1. The minimum atomic E-state index is -0.0519. The Bertz CT molecular complexity index is 425. The van der Waals surface area contributed by atoms with Crippen molar-refractivity contribution in [2.24, 2.45) is 0 Å².